The van der Waals surface area contributed by atoms with Crippen molar-refractivity contribution >= 4 is 81.6 Å². The van der Waals surface area contributed by atoms with Crippen LogP contribution in [-0.4, -0.2) is 33.8 Å². The molecule has 120 valence electrons. The molecule has 0 saturated heterocycles. The molecular formula is C10H6Cl5N3O4. The Bertz CT molecular complexity index is 632. The number of pyridine rings is 1. The van der Waals surface area contributed by atoms with Gasteiger partial charge in [0.25, 0.3) is 9.70 Å². The first kappa shape index (κ1) is 19.1. The van der Waals surface area contributed by atoms with Crippen molar-refractivity contribution < 1.29 is 19.1 Å². The molecule has 0 fully saturated rings. The van der Waals surface area contributed by atoms with Crippen molar-refractivity contribution in [2.45, 2.75) is 3.79 Å². The van der Waals surface area contributed by atoms with Crippen LogP contribution in [0.4, 0.5) is 10.5 Å². The van der Waals surface area contributed by atoms with Crippen molar-refractivity contribution in [2.24, 2.45) is 0 Å². The number of nitrogens with one attached hydrogen (secondary N) is 2. The maximum Gasteiger partial charge on any atom is 0.340 e. The number of aromatic nitrogens is 1. The molecule has 3 amide bonds. The van der Waals surface area contributed by atoms with Crippen molar-refractivity contribution in [2.75, 3.05) is 12.4 Å². The Hall–Kier alpha value is -0.990. The van der Waals surface area contributed by atoms with Crippen LogP contribution in [0.25, 0.3) is 0 Å². The topological polar surface area (TPSA) is 97.4 Å². The van der Waals surface area contributed by atoms with Gasteiger partial charge in [0.1, 0.15) is 5.15 Å². The van der Waals surface area contributed by atoms with E-state index >= 15 is 0 Å². The van der Waals surface area contributed by atoms with Crippen molar-refractivity contribution in [3.8, 4) is 0 Å². The molecule has 0 atom stereocenters. The number of anilines is 1. The van der Waals surface area contributed by atoms with E-state index < -0.39 is 21.7 Å². The third kappa shape index (κ3) is 5.03. The summed E-state index contributed by atoms with van der Waals surface area (Å²) in [5, 5.41) is 3.46. The number of hydrogen-bond acceptors (Lipinski definition) is 5. The second kappa shape index (κ2) is 7.52. The lowest BCUT2D eigenvalue weighted by atomic mass is 10.2. The van der Waals surface area contributed by atoms with Gasteiger partial charge in [-0.25, -0.2) is 14.6 Å². The van der Waals surface area contributed by atoms with Crippen molar-refractivity contribution in [3.63, 3.8) is 0 Å². The maximum atomic E-state index is 11.7. The van der Waals surface area contributed by atoms with Crippen LogP contribution in [0.15, 0.2) is 6.07 Å². The van der Waals surface area contributed by atoms with Crippen LogP contribution >= 0.6 is 58.0 Å². The average Bonchev–Trinajstić information content (AvgIpc) is 2.39. The molecule has 0 unspecified atom stereocenters. The second-order valence-electron chi connectivity index (χ2n) is 3.56. The number of alkyl halides is 3. The number of carbonyl (C=O) groups is 3. The van der Waals surface area contributed by atoms with E-state index in [-0.39, 0.29) is 21.6 Å². The van der Waals surface area contributed by atoms with Gasteiger partial charge in [-0.2, -0.15) is 0 Å². The van der Waals surface area contributed by atoms with Gasteiger partial charge in [-0.1, -0.05) is 58.0 Å². The van der Waals surface area contributed by atoms with Gasteiger partial charge < -0.3 is 10.1 Å². The number of imide groups is 1. The fourth-order valence-corrected chi connectivity index (χ4v) is 1.81. The third-order valence-corrected chi connectivity index (χ3v) is 3.05. The van der Waals surface area contributed by atoms with Crippen molar-refractivity contribution in [1.82, 2.24) is 10.3 Å². The first-order valence-electron chi connectivity index (χ1n) is 5.19. The van der Waals surface area contributed by atoms with E-state index in [0.29, 0.717) is 0 Å². The molecule has 0 spiro atoms. The monoisotopic (exact) mass is 407 g/mol. The minimum atomic E-state index is -2.34. The van der Waals surface area contributed by atoms with E-state index in [1.165, 1.54) is 0 Å². The molecule has 0 radical (unpaired) electrons. The highest BCUT2D eigenvalue weighted by atomic mass is 35.6. The average molecular weight is 409 g/mol. The number of rotatable bonds is 2. The third-order valence-electron chi connectivity index (χ3n) is 2.07. The Labute approximate surface area is 149 Å². The number of urea groups is 1. The summed E-state index contributed by atoms with van der Waals surface area (Å²) in [7, 11) is 1.11. The summed E-state index contributed by atoms with van der Waals surface area (Å²) in [5.74, 6) is -2.04. The molecule has 0 saturated carbocycles. The minimum Gasteiger partial charge on any atom is -0.465 e. The zero-order valence-corrected chi connectivity index (χ0v) is 14.3. The molecule has 12 heteroatoms. The molecule has 7 nitrogen and oxygen atoms in total. The molecule has 1 aromatic rings. The van der Waals surface area contributed by atoms with Gasteiger partial charge in [-0.05, 0) is 6.07 Å². The van der Waals surface area contributed by atoms with E-state index in [1.54, 1.807) is 5.32 Å². The predicted molar refractivity (Wildman–Crippen MR) is 83.0 cm³/mol. The molecule has 22 heavy (non-hydrogen) atoms. The van der Waals surface area contributed by atoms with Crippen LogP contribution < -0.4 is 10.6 Å². The summed E-state index contributed by atoms with van der Waals surface area (Å²) in [4.78, 5) is 38.3. The molecule has 1 heterocycles. The summed E-state index contributed by atoms with van der Waals surface area (Å²) in [5.41, 5.74) is -0.406. The molecule has 1 rings (SSSR count). The fourth-order valence-electron chi connectivity index (χ4n) is 1.19. The predicted octanol–water partition coefficient (Wildman–Crippen LogP) is 3.19. The van der Waals surface area contributed by atoms with Crippen LogP contribution in [0.5, 0.6) is 0 Å². The fraction of sp³-hybridized carbons (Fsp3) is 0.200. The van der Waals surface area contributed by atoms with Crippen molar-refractivity contribution in [1.29, 1.82) is 0 Å². The highest BCUT2D eigenvalue weighted by molar-refractivity contribution is 6.76. The standard InChI is InChI=1S/C10H6Cl5N3O4/c1-22-7(19)3-2-4(11)16-6(12)5(3)17-9(21)18-8(20)10(13,14)15/h2H,1H3,(H2,17,18,20,21). The van der Waals surface area contributed by atoms with Gasteiger partial charge in [0.15, 0.2) is 5.15 Å². The zero-order valence-electron chi connectivity index (χ0n) is 10.5. The Kier molecular flexibility index (Phi) is 6.51. The number of halogens is 5. The van der Waals surface area contributed by atoms with Crippen LogP contribution in [0.3, 0.4) is 0 Å². The van der Waals surface area contributed by atoms with Gasteiger partial charge >= 0.3 is 12.0 Å². The number of amides is 3. The normalized spacial score (nSPS) is 10.8. The quantitative estimate of drug-likeness (QED) is 0.444. The van der Waals surface area contributed by atoms with Crippen LogP contribution in [0.1, 0.15) is 10.4 Å². The van der Waals surface area contributed by atoms with E-state index in [9.17, 15) is 14.4 Å². The summed E-state index contributed by atoms with van der Waals surface area (Å²) in [6.45, 7) is 0. The minimum absolute atomic E-state index is 0.103. The summed E-state index contributed by atoms with van der Waals surface area (Å²) in [6.07, 6.45) is 0. The lowest BCUT2D eigenvalue weighted by Gasteiger charge is -2.14. The molecule has 0 aliphatic carbocycles. The van der Waals surface area contributed by atoms with Gasteiger partial charge in [-0.15, -0.1) is 0 Å². The lowest BCUT2D eigenvalue weighted by molar-refractivity contribution is -0.119. The second-order valence-corrected chi connectivity index (χ2v) is 6.58. The Morgan fingerprint density at radius 1 is 1.23 bits per heavy atom. The van der Waals surface area contributed by atoms with Gasteiger partial charge in [0.05, 0.1) is 18.4 Å². The largest absolute Gasteiger partial charge is 0.465 e. The summed E-state index contributed by atoms with van der Waals surface area (Å²) in [6, 6.07) is 0.0125. The SMILES string of the molecule is COC(=O)c1cc(Cl)nc(Cl)c1NC(=O)NC(=O)C(Cl)(Cl)Cl. The Morgan fingerprint density at radius 2 is 1.82 bits per heavy atom. The number of hydrogen-bond donors (Lipinski definition) is 2. The van der Waals surface area contributed by atoms with E-state index in [2.05, 4.69) is 15.0 Å². The van der Waals surface area contributed by atoms with Crippen molar-refractivity contribution in [3.05, 3.63) is 21.9 Å². The Morgan fingerprint density at radius 3 is 2.32 bits per heavy atom. The summed E-state index contributed by atoms with van der Waals surface area (Å²) < 4.78 is 2.18. The lowest BCUT2D eigenvalue weighted by Crippen LogP contribution is -2.41. The van der Waals surface area contributed by atoms with Gasteiger partial charge in [0.2, 0.25) is 0 Å². The van der Waals surface area contributed by atoms with E-state index in [4.69, 9.17) is 58.0 Å². The zero-order chi connectivity index (χ0) is 17.1. The van der Waals surface area contributed by atoms with Gasteiger partial charge in [0, 0.05) is 0 Å². The molecule has 0 aromatic carbocycles. The highest BCUT2D eigenvalue weighted by Gasteiger charge is 2.32. The number of nitrogens with zero attached hydrogens (tertiary/aromatic N) is 1. The van der Waals surface area contributed by atoms with Crippen LogP contribution in [-0.2, 0) is 9.53 Å². The van der Waals surface area contributed by atoms with Crippen LogP contribution in [0.2, 0.25) is 10.3 Å². The number of ether oxygens (including phenoxy) is 1. The maximum absolute atomic E-state index is 11.7. The first-order chi connectivity index (χ1) is 10.1. The summed E-state index contributed by atoms with van der Waals surface area (Å²) >= 11 is 27.4. The number of carbonyl (C=O) groups excluding carboxylic acids is 3. The van der Waals surface area contributed by atoms with Crippen LogP contribution in [0, 0.1) is 0 Å². The molecule has 1 aromatic heterocycles. The molecule has 0 aliphatic heterocycles. The highest BCUT2D eigenvalue weighted by Crippen LogP contribution is 2.28. The Balaban J connectivity index is 3.05. The molecule has 0 aliphatic rings. The molecule has 0 bridgehead atoms. The molecular weight excluding hydrogens is 403 g/mol. The smallest absolute Gasteiger partial charge is 0.340 e. The molecule has 2 N–H and O–H groups in total. The van der Waals surface area contributed by atoms with Gasteiger partial charge in [-0.3, -0.25) is 10.1 Å². The van der Waals surface area contributed by atoms with E-state index in [0.717, 1.165) is 13.2 Å². The van der Waals surface area contributed by atoms with E-state index in [1.807, 2.05) is 0 Å². The number of methoxy groups -OCH3 is 1. The first-order valence-corrected chi connectivity index (χ1v) is 7.08. The number of esters is 1.